The van der Waals surface area contributed by atoms with Gasteiger partial charge in [-0.15, -0.1) is 0 Å². The summed E-state index contributed by atoms with van der Waals surface area (Å²) in [4.78, 5) is 53.2. The van der Waals surface area contributed by atoms with Gasteiger partial charge in [-0.3, -0.25) is 14.4 Å². The number of hydrogen-bond donors (Lipinski definition) is 4. The Morgan fingerprint density at radius 2 is 1.81 bits per heavy atom. The van der Waals surface area contributed by atoms with E-state index in [0.29, 0.717) is 6.42 Å². The van der Waals surface area contributed by atoms with Gasteiger partial charge in [0.05, 0.1) is 6.42 Å². The quantitative estimate of drug-likeness (QED) is 0.364. The minimum absolute atomic E-state index is 0.0823. The van der Waals surface area contributed by atoms with Crippen LogP contribution in [0.15, 0.2) is 24.3 Å². The molecule has 0 aromatic heterocycles. The minimum atomic E-state index is -1.35. The molecule has 5 N–H and O–H groups in total. The minimum Gasteiger partial charge on any atom is -0.508 e. The van der Waals surface area contributed by atoms with E-state index in [1.807, 2.05) is 20.8 Å². The summed E-state index contributed by atoms with van der Waals surface area (Å²) in [6, 6.07) is 3.31. The van der Waals surface area contributed by atoms with Crippen molar-refractivity contribution in [3.05, 3.63) is 29.8 Å². The third-order valence-electron chi connectivity index (χ3n) is 5.94. The summed E-state index contributed by atoms with van der Waals surface area (Å²) in [6.45, 7) is 10.8. The molecule has 5 atom stereocenters. The van der Waals surface area contributed by atoms with Crippen molar-refractivity contribution in [1.29, 1.82) is 0 Å². The smallest absolute Gasteiger partial charge is 0.408 e. The maximum atomic E-state index is 13.9. The predicted molar refractivity (Wildman–Crippen MR) is 135 cm³/mol. The van der Waals surface area contributed by atoms with Crippen LogP contribution < -0.4 is 16.4 Å². The number of para-hydroxylation sites is 1. The van der Waals surface area contributed by atoms with Gasteiger partial charge in [0.15, 0.2) is 0 Å². The number of carbonyl (C=O) groups excluding carboxylic acids is 4. The number of phenols is 1. The first kappa shape index (κ1) is 28.9. The second-order valence-electron chi connectivity index (χ2n) is 10.6. The van der Waals surface area contributed by atoms with Crippen molar-refractivity contribution >= 4 is 23.8 Å². The van der Waals surface area contributed by atoms with Gasteiger partial charge in [0, 0.05) is 17.6 Å². The van der Waals surface area contributed by atoms with Gasteiger partial charge >= 0.3 is 6.09 Å². The van der Waals surface area contributed by atoms with E-state index < -0.39 is 47.9 Å². The van der Waals surface area contributed by atoms with Crippen LogP contribution in [0, 0.1) is 5.92 Å². The van der Waals surface area contributed by atoms with E-state index in [4.69, 9.17) is 10.5 Å². The fourth-order valence-electron chi connectivity index (χ4n) is 4.17. The number of nitrogens with two attached hydrogens (primary N) is 1. The average molecular weight is 505 g/mol. The molecule has 0 bridgehead atoms. The first-order chi connectivity index (χ1) is 16.7. The van der Waals surface area contributed by atoms with Gasteiger partial charge in [0.2, 0.25) is 17.7 Å². The second-order valence-corrected chi connectivity index (χ2v) is 10.6. The molecule has 0 spiro atoms. The Hall–Kier alpha value is -3.30. The molecular formula is C26H40N4O6. The highest BCUT2D eigenvalue weighted by Gasteiger charge is 2.49. The van der Waals surface area contributed by atoms with Gasteiger partial charge in [0.25, 0.3) is 0 Å². The summed E-state index contributed by atoms with van der Waals surface area (Å²) in [7, 11) is 0. The van der Waals surface area contributed by atoms with Crippen molar-refractivity contribution in [3.8, 4) is 5.75 Å². The molecule has 2 rings (SSSR count). The normalized spacial score (nSPS) is 19.4. The van der Waals surface area contributed by atoms with E-state index in [2.05, 4.69) is 10.6 Å². The first-order valence-corrected chi connectivity index (χ1v) is 12.4. The molecule has 10 heteroatoms. The molecule has 1 aliphatic rings. The Morgan fingerprint density at radius 3 is 2.31 bits per heavy atom. The Balaban J connectivity index is 2.50. The third-order valence-corrected chi connectivity index (χ3v) is 5.94. The van der Waals surface area contributed by atoms with Crippen molar-refractivity contribution in [2.24, 2.45) is 11.7 Å². The van der Waals surface area contributed by atoms with Crippen LogP contribution in [0.4, 0.5) is 4.79 Å². The molecule has 36 heavy (non-hydrogen) atoms. The number of carbonyl (C=O) groups is 4. The number of ether oxygens (including phenoxy) is 1. The van der Waals surface area contributed by atoms with Crippen molar-refractivity contribution in [2.75, 3.05) is 0 Å². The lowest BCUT2D eigenvalue weighted by Gasteiger charge is -2.35. The summed E-state index contributed by atoms with van der Waals surface area (Å²) >= 11 is 0. The SMILES string of the molecule is CCCC(C)NC(=O)C(c1ccccc1O)N(C(=O)C(CC(N)=O)NC(=O)OC(C)(C)C)C1CC1C. The number of benzene rings is 1. The van der Waals surface area contributed by atoms with Gasteiger partial charge in [-0.25, -0.2) is 4.79 Å². The number of alkyl carbamates (subject to hydrolysis) is 1. The molecule has 0 heterocycles. The summed E-state index contributed by atoms with van der Waals surface area (Å²) in [5.74, 6) is -1.97. The van der Waals surface area contributed by atoms with Crippen LogP contribution in [0.3, 0.4) is 0 Å². The molecule has 1 saturated carbocycles. The Bertz CT molecular complexity index is 960. The van der Waals surface area contributed by atoms with Crippen LogP contribution in [0.5, 0.6) is 5.75 Å². The molecule has 1 fully saturated rings. The number of phenolic OH excluding ortho intramolecular Hbond substituents is 1. The topological polar surface area (TPSA) is 151 Å². The van der Waals surface area contributed by atoms with Crippen LogP contribution >= 0.6 is 0 Å². The van der Waals surface area contributed by atoms with Crippen molar-refractivity contribution in [1.82, 2.24) is 15.5 Å². The van der Waals surface area contributed by atoms with Gasteiger partial charge in [-0.05, 0) is 52.5 Å². The van der Waals surface area contributed by atoms with Crippen LogP contribution in [-0.4, -0.2) is 57.5 Å². The number of rotatable bonds is 11. The molecule has 1 aromatic rings. The highest BCUT2D eigenvalue weighted by molar-refractivity contribution is 5.95. The molecule has 0 aliphatic heterocycles. The van der Waals surface area contributed by atoms with Crippen LogP contribution in [0.2, 0.25) is 0 Å². The zero-order valence-corrected chi connectivity index (χ0v) is 22.0. The standard InChI is InChI=1S/C26H40N4O6/c1-7-10-16(3)28-23(33)22(17-11-8-9-12-20(17)31)30(19-13-15(19)2)24(34)18(14-21(27)32)29-25(35)36-26(4,5)6/h8-9,11-12,15-16,18-19,22,31H,7,10,13-14H2,1-6H3,(H2,27,32)(H,28,33)(H,29,35). The van der Waals surface area contributed by atoms with Crippen molar-refractivity contribution in [3.63, 3.8) is 0 Å². The average Bonchev–Trinajstić information content (AvgIpc) is 3.45. The number of amides is 4. The molecule has 0 radical (unpaired) electrons. The predicted octanol–water partition coefficient (Wildman–Crippen LogP) is 2.74. The van der Waals surface area contributed by atoms with E-state index >= 15 is 0 Å². The number of aromatic hydroxyl groups is 1. The number of nitrogens with zero attached hydrogens (tertiary/aromatic N) is 1. The molecule has 1 aromatic carbocycles. The monoisotopic (exact) mass is 504 g/mol. The van der Waals surface area contributed by atoms with Crippen LogP contribution in [0.25, 0.3) is 0 Å². The lowest BCUT2D eigenvalue weighted by molar-refractivity contribution is -0.144. The summed E-state index contributed by atoms with van der Waals surface area (Å²) in [5, 5.41) is 16.0. The van der Waals surface area contributed by atoms with E-state index in [-0.39, 0.29) is 29.3 Å². The largest absolute Gasteiger partial charge is 0.508 e. The molecular weight excluding hydrogens is 464 g/mol. The number of hydrogen-bond acceptors (Lipinski definition) is 6. The summed E-state index contributed by atoms with van der Waals surface area (Å²) < 4.78 is 5.28. The van der Waals surface area contributed by atoms with Crippen molar-refractivity contribution < 1.29 is 29.0 Å². The van der Waals surface area contributed by atoms with E-state index in [9.17, 15) is 24.3 Å². The van der Waals surface area contributed by atoms with Gasteiger partial charge in [-0.1, -0.05) is 38.5 Å². The second kappa shape index (κ2) is 12.1. The lowest BCUT2D eigenvalue weighted by Crippen LogP contribution is -2.55. The molecule has 200 valence electrons. The first-order valence-electron chi connectivity index (χ1n) is 12.4. The fraction of sp³-hybridized carbons (Fsp3) is 0.615. The maximum Gasteiger partial charge on any atom is 0.408 e. The van der Waals surface area contributed by atoms with Crippen molar-refractivity contribution in [2.45, 2.75) is 97.0 Å². The third kappa shape index (κ3) is 8.13. The highest BCUT2D eigenvalue weighted by Crippen LogP contribution is 2.42. The van der Waals surface area contributed by atoms with Gasteiger partial charge < -0.3 is 31.1 Å². The Morgan fingerprint density at radius 1 is 1.19 bits per heavy atom. The van der Waals surface area contributed by atoms with E-state index in [1.54, 1.807) is 39.0 Å². The molecule has 4 amide bonds. The maximum absolute atomic E-state index is 13.9. The van der Waals surface area contributed by atoms with E-state index in [0.717, 1.165) is 12.8 Å². The summed E-state index contributed by atoms with van der Waals surface area (Å²) in [6.07, 6.45) is 0.856. The number of primary amides is 1. The van der Waals surface area contributed by atoms with Crippen LogP contribution in [-0.2, 0) is 19.1 Å². The Kier molecular flexibility index (Phi) is 9.72. The van der Waals surface area contributed by atoms with Gasteiger partial charge in [0.1, 0.15) is 23.4 Å². The number of nitrogens with one attached hydrogen (secondary N) is 2. The van der Waals surface area contributed by atoms with Gasteiger partial charge in [-0.2, -0.15) is 0 Å². The molecule has 1 aliphatic carbocycles. The molecule has 10 nitrogen and oxygen atoms in total. The molecule has 5 unspecified atom stereocenters. The van der Waals surface area contributed by atoms with E-state index in [1.165, 1.54) is 11.0 Å². The highest BCUT2D eigenvalue weighted by atomic mass is 16.6. The zero-order chi connectivity index (χ0) is 27.2. The zero-order valence-electron chi connectivity index (χ0n) is 22.0. The lowest BCUT2D eigenvalue weighted by atomic mass is 10.00. The summed E-state index contributed by atoms with van der Waals surface area (Å²) in [5.41, 5.74) is 4.82. The molecule has 0 saturated heterocycles. The van der Waals surface area contributed by atoms with Crippen LogP contribution in [0.1, 0.15) is 78.8 Å². The Labute approximate surface area is 212 Å². The fourth-order valence-corrected chi connectivity index (χ4v) is 4.17.